The number of nitrogens with two attached hydrogens (primary N) is 1. The number of nitrogens with zero attached hydrogens (tertiary/aromatic N) is 2. The van der Waals surface area contributed by atoms with Crippen LogP contribution in [0.15, 0.2) is 67.0 Å². The molecule has 0 aliphatic carbocycles. The molecule has 4 rings (SSSR count). The summed E-state index contributed by atoms with van der Waals surface area (Å²) in [4.78, 5) is 33.0. The van der Waals surface area contributed by atoms with E-state index in [2.05, 4.69) is 20.6 Å². The zero-order valence-electron chi connectivity index (χ0n) is 17.8. The topological polar surface area (TPSA) is 116 Å². The van der Waals surface area contributed by atoms with Crippen molar-refractivity contribution in [3.8, 4) is 0 Å². The van der Waals surface area contributed by atoms with Crippen molar-refractivity contribution < 1.29 is 9.59 Å². The van der Waals surface area contributed by atoms with E-state index in [0.29, 0.717) is 29.2 Å². The van der Waals surface area contributed by atoms with Gasteiger partial charge in [-0.15, -0.1) is 0 Å². The number of hydrogen-bond acceptors (Lipinski definition) is 5. The number of carbonyl (C=O) groups excluding carboxylic acids is 2. The predicted octanol–water partition coefficient (Wildman–Crippen LogP) is 3.72. The van der Waals surface area contributed by atoms with Crippen molar-refractivity contribution in [1.82, 2.24) is 14.9 Å². The van der Waals surface area contributed by atoms with Crippen LogP contribution in [-0.4, -0.2) is 40.8 Å². The van der Waals surface area contributed by atoms with E-state index < -0.39 is 5.91 Å². The van der Waals surface area contributed by atoms with Crippen molar-refractivity contribution in [2.75, 3.05) is 24.7 Å². The van der Waals surface area contributed by atoms with Crippen molar-refractivity contribution >= 4 is 39.9 Å². The number of anilines is 3. The molecule has 8 heteroatoms. The molecule has 32 heavy (non-hydrogen) atoms. The lowest BCUT2D eigenvalue weighted by Crippen LogP contribution is -2.21. The van der Waals surface area contributed by atoms with Crippen LogP contribution in [-0.2, 0) is 6.54 Å². The normalized spacial score (nSPS) is 10.7. The van der Waals surface area contributed by atoms with Gasteiger partial charge in [0.25, 0.3) is 11.8 Å². The van der Waals surface area contributed by atoms with Crippen LogP contribution in [0.2, 0.25) is 0 Å². The van der Waals surface area contributed by atoms with Crippen molar-refractivity contribution in [2.45, 2.75) is 6.54 Å². The molecule has 2 heterocycles. The third-order valence-electron chi connectivity index (χ3n) is 5.12. The van der Waals surface area contributed by atoms with Crippen LogP contribution in [0.4, 0.5) is 17.2 Å². The van der Waals surface area contributed by atoms with Gasteiger partial charge in [0.1, 0.15) is 5.82 Å². The van der Waals surface area contributed by atoms with Crippen LogP contribution >= 0.6 is 0 Å². The lowest BCUT2D eigenvalue weighted by atomic mass is 10.1. The number of aromatic amines is 1. The summed E-state index contributed by atoms with van der Waals surface area (Å²) in [5, 5.41) is 7.62. The highest BCUT2D eigenvalue weighted by Gasteiger charge is 2.12. The van der Waals surface area contributed by atoms with Gasteiger partial charge in [-0.05, 0) is 41.3 Å². The standard InChI is InChI=1S/C24H24N6O2/c1-30(2)24(32)16-6-8-18(9-7-16)29-21-12-20(19(14-28-21)23(25)31)27-13-17-5-3-4-15-10-11-26-22(15)17/h3-12,14,26H,13H2,1-2H3,(H2,25,31)(H2,27,28,29). The van der Waals surface area contributed by atoms with Crippen molar-refractivity contribution in [1.29, 1.82) is 0 Å². The Hall–Kier alpha value is -4.33. The predicted molar refractivity (Wildman–Crippen MR) is 126 cm³/mol. The molecule has 2 aromatic carbocycles. The number of nitrogens with one attached hydrogen (secondary N) is 3. The van der Waals surface area contributed by atoms with Gasteiger partial charge in [0.15, 0.2) is 0 Å². The quantitative estimate of drug-likeness (QED) is 0.358. The van der Waals surface area contributed by atoms with Gasteiger partial charge >= 0.3 is 0 Å². The molecule has 5 N–H and O–H groups in total. The van der Waals surface area contributed by atoms with E-state index in [0.717, 1.165) is 22.2 Å². The minimum absolute atomic E-state index is 0.0657. The molecule has 0 atom stereocenters. The number of H-pyrrole nitrogens is 1. The Balaban J connectivity index is 1.54. The lowest BCUT2D eigenvalue weighted by Gasteiger charge is -2.14. The number of aromatic nitrogens is 2. The first-order valence-electron chi connectivity index (χ1n) is 10.1. The molecule has 162 valence electrons. The minimum Gasteiger partial charge on any atom is -0.380 e. The molecular weight excluding hydrogens is 404 g/mol. The molecule has 0 fully saturated rings. The largest absolute Gasteiger partial charge is 0.380 e. The number of para-hydroxylation sites is 1. The molecule has 0 radical (unpaired) electrons. The third kappa shape index (κ3) is 4.39. The zero-order valence-corrected chi connectivity index (χ0v) is 17.8. The number of primary amides is 1. The van der Waals surface area contributed by atoms with E-state index in [1.165, 1.54) is 11.1 Å². The van der Waals surface area contributed by atoms with Crippen molar-refractivity contribution in [3.63, 3.8) is 0 Å². The molecule has 8 nitrogen and oxygen atoms in total. The van der Waals surface area contributed by atoms with Crippen LogP contribution in [0.3, 0.4) is 0 Å². The van der Waals surface area contributed by atoms with Gasteiger partial charge in [0, 0.05) is 50.4 Å². The summed E-state index contributed by atoms with van der Waals surface area (Å²) in [5.74, 6) is -0.0810. The molecule has 0 saturated carbocycles. The number of pyridine rings is 1. The minimum atomic E-state index is -0.559. The Labute approximate surface area is 185 Å². The van der Waals surface area contributed by atoms with Crippen LogP contribution < -0.4 is 16.4 Å². The van der Waals surface area contributed by atoms with Crippen molar-refractivity contribution in [3.05, 3.63) is 83.7 Å². The summed E-state index contributed by atoms with van der Waals surface area (Å²) in [6.45, 7) is 0.503. The fourth-order valence-corrected chi connectivity index (χ4v) is 3.46. The average molecular weight is 428 g/mol. The maximum Gasteiger partial charge on any atom is 0.253 e. The molecule has 2 amide bonds. The van der Waals surface area contributed by atoms with Gasteiger partial charge in [-0.3, -0.25) is 9.59 Å². The first-order chi connectivity index (χ1) is 15.4. The van der Waals surface area contributed by atoms with Gasteiger partial charge in [-0.1, -0.05) is 18.2 Å². The molecule has 4 aromatic rings. The summed E-state index contributed by atoms with van der Waals surface area (Å²) in [6, 6.07) is 16.9. The van der Waals surface area contributed by atoms with Gasteiger partial charge in [-0.2, -0.15) is 0 Å². The zero-order chi connectivity index (χ0) is 22.7. The molecule has 0 saturated heterocycles. The fourth-order valence-electron chi connectivity index (χ4n) is 3.46. The number of hydrogen-bond donors (Lipinski definition) is 4. The Morgan fingerprint density at radius 3 is 2.59 bits per heavy atom. The maximum atomic E-state index is 12.1. The Kier molecular flexibility index (Phi) is 5.76. The number of carbonyl (C=O) groups is 2. The molecular formula is C24H24N6O2. The first-order valence-corrected chi connectivity index (χ1v) is 10.1. The van der Waals surface area contributed by atoms with Gasteiger partial charge in [0.05, 0.1) is 16.8 Å². The second kappa shape index (κ2) is 8.81. The smallest absolute Gasteiger partial charge is 0.253 e. The summed E-state index contributed by atoms with van der Waals surface area (Å²) in [5.41, 5.74) is 9.90. The second-order valence-electron chi connectivity index (χ2n) is 7.59. The van der Waals surface area contributed by atoms with Crippen molar-refractivity contribution in [2.24, 2.45) is 5.73 Å². The Morgan fingerprint density at radius 2 is 1.88 bits per heavy atom. The summed E-state index contributed by atoms with van der Waals surface area (Å²) < 4.78 is 0. The monoisotopic (exact) mass is 428 g/mol. The van der Waals surface area contributed by atoms with Gasteiger partial charge in [0.2, 0.25) is 0 Å². The fraction of sp³-hybridized carbons (Fsp3) is 0.125. The van der Waals surface area contributed by atoms with Gasteiger partial charge < -0.3 is 26.3 Å². The van der Waals surface area contributed by atoms with E-state index in [9.17, 15) is 9.59 Å². The Morgan fingerprint density at radius 1 is 1.09 bits per heavy atom. The SMILES string of the molecule is CN(C)C(=O)c1ccc(Nc2cc(NCc3cccc4cc[nH]c34)c(C(N)=O)cn2)cc1. The van der Waals surface area contributed by atoms with E-state index >= 15 is 0 Å². The molecule has 0 unspecified atom stereocenters. The first kappa shape index (κ1) is 20.9. The average Bonchev–Trinajstić information content (AvgIpc) is 3.27. The third-order valence-corrected chi connectivity index (χ3v) is 5.12. The highest BCUT2D eigenvalue weighted by Crippen LogP contribution is 2.24. The van der Waals surface area contributed by atoms with Crippen LogP contribution in [0.1, 0.15) is 26.3 Å². The highest BCUT2D eigenvalue weighted by molar-refractivity contribution is 5.99. The summed E-state index contributed by atoms with van der Waals surface area (Å²) >= 11 is 0. The van der Waals surface area contributed by atoms with E-state index in [1.54, 1.807) is 44.4 Å². The number of amides is 2. The maximum absolute atomic E-state index is 12.1. The number of benzene rings is 2. The number of rotatable bonds is 7. The van der Waals surface area contributed by atoms with Crippen LogP contribution in [0.25, 0.3) is 10.9 Å². The van der Waals surface area contributed by atoms with Crippen LogP contribution in [0.5, 0.6) is 0 Å². The summed E-state index contributed by atoms with van der Waals surface area (Å²) in [6.07, 6.45) is 3.35. The molecule has 0 aliphatic rings. The molecule has 0 aliphatic heterocycles. The van der Waals surface area contributed by atoms with E-state index in [1.807, 2.05) is 30.5 Å². The highest BCUT2D eigenvalue weighted by atomic mass is 16.2. The molecule has 0 spiro atoms. The van der Waals surface area contributed by atoms with E-state index in [-0.39, 0.29) is 5.91 Å². The van der Waals surface area contributed by atoms with E-state index in [4.69, 9.17) is 5.73 Å². The second-order valence-corrected chi connectivity index (χ2v) is 7.59. The van der Waals surface area contributed by atoms with Gasteiger partial charge in [-0.25, -0.2) is 4.98 Å². The number of fused-ring (bicyclic) bond motifs is 1. The lowest BCUT2D eigenvalue weighted by molar-refractivity contribution is 0.0827. The molecule has 2 aromatic heterocycles. The van der Waals surface area contributed by atoms with Crippen LogP contribution in [0, 0.1) is 0 Å². The summed E-state index contributed by atoms with van der Waals surface area (Å²) in [7, 11) is 3.42. The Bertz CT molecular complexity index is 1280. The molecule has 0 bridgehead atoms.